The minimum absolute atomic E-state index is 0.133. The Hall–Kier alpha value is -3.47. The number of aryl methyl sites for hydroxylation is 1. The van der Waals surface area contributed by atoms with Crippen LogP contribution in [0.3, 0.4) is 0 Å². The standard InChI is InChI=1S/C30H35NO4/c1-5-21-12-14-24(15-13-21)35-20-27-26-19-29(34-4)28(33-3)18-23(26)16-17-31(27)30(32)25(6-2)22-10-8-7-9-11-22/h7-15,18-19,25,27H,5-6,16-17,20H2,1-4H3/t25-,27+/m1/s1. The molecule has 0 N–H and O–H groups in total. The molecule has 0 fully saturated rings. The molecule has 3 aromatic rings. The van der Waals surface area contributed by atoms with E-state index < -0.39 is 0 Å². The quantitative estimate of drug-likeness (QED) is 0.384. The third-order valence-electron chi connectivity index (χ3n) is 6.93. The normalized spacial score (nSPS) is 15.8. The van der Waals surface area contributed by atoms with Crippen molar-refractivity contribution in [2.24, 2.45) is 0 Å². The Labute approximate surface area is 208 Å². The molecule has 0 aliphatic carbocycles. The van der Waals surface area contributed by atoms with Gasteiger partial charge in [-0.25, -0.2) is 0 Å². The van der Waals surface area contributed by atoms with E-state index in [0.717, 1.165) is 41.7 Å². The van der Waals surface area contributed by atoms with E-state index in [9.17, 15) is 4.79 Å². The molecule has 35 heavy (non-hydrogen) atoms. The van der Waals surface area contributed by atoms with Crippen molar-refractivity contribution in [3.63, 3.8) is 0 Å². The number of benzene rings is 3. The molecule has 1 heterocycles. The summed E-state index contributed by atoms with van der Waals surface area (Å²) in [4.78, 5) is 15.9. The third kappa shape index (κ3) is 5.29. The van der Waals surface area contributed by atoms with E-state index in [0.29, 0.717) is 24.7 Å². The van der Waals surface area contributed by atoms with Gasteiger partial charge in [-0.1, -0.05) is 56.3 Å². The minimum atomic E-state index is -0.227. The lowest BCUT2D eigenvalue weighted by Gasteiger charge is -2.39. The highest BCUT2D eigenvalue weighted by atomic mass is 16.5. The van der Waals surface area contributed by atoms with E-state index in [1.807, 2.05) is 59.5 Å². The van der Waals surface area contributed by atoms with Crippen molar-refractivity contribution >= 4 is 5.91 Å². The summed E-state index contributed by atoms with van der Waals surface area (Å²) in [6, 6.07) is 22.0. The monoisotopic (exact) mass is 473 g/mol. The first-order valence-corrected chi connectivity index (χ1v) is 12.4. The number of hydrogen-bond donors (Lipinski definition) is 0. The number of carbonyl (C=O) groups is 1. The summed E-state index contributed by atoms with van der Waals surface area (Å²) in [5, 5.41) is 0. The molecule has 3 aromatic carbocycles. The summed E-state index contributed by atoms with van der Waals surface area (Å²) in [5.74, 6) is 2.11. The second-order valence-electron chi connectivity index (χ2n) is 8.88. The molecule has 0 unspecified atom stereocenters. The highest BCUT2D eigenvalue weighted by Gasteiger charge is 2.35. The summed E-state index contributed by atoms with van der Waals surface area (Å²) in [7, 11) is 3.29. The zero-order chi connectivity index (χ0) is 24.8. The number of amides is 1. The molecule has 1 amide bonds. The van der Waals surface area contributed by atoms with Crippen LogP contribution in [0.2, 0.25) is 0 Å². The van der Waals surface area contributed by atoms with Crippen LogP contribution in [0.4, 0.5) is 0 Å². The predicted molar refractivity (Wildman–Crippen MR) is 138 cm³/mol. The molecule has 5 nitrogen and oxygen atoms in total. The topological polar surface area (TPSA) is 48.0 Å². The van der Waals surface area contributed by atoms with Crippen molar-refractivity contribution < 1.29 is 19.0 Å². The number of hydrogen-bond acceptors (Lipinski definition) is 4. The molecule has 0 bridgehead atoms. The lowest BCUT2D eigenvalue weighted by molar-refractivity contribution is -0.136. The fourth-order valence-electron chi connectivity index (χ4n) is 4.91. The highest BCUT2D eigenvalue weighted by Crippen LogP contribution is 2.40. The molecule has 0 saturated carbocycles. The first kappa shape index (κ1) is 24.6. The van der Waals surface area contributed by atoms with E-state index in [4.69, 9.17) is 14.2 Å². The highest BCUT2D eigenvalue weighted by molar-refractivity contribution is 5.84. The minimum Gasteiger partial charge on any atom is -0.493 e. The van der Waals surface area contributed by atoms with Gasteiger partial charge in [-0.05, 0) is 65.8 Å². The van der Waals surface area contributed by atoms with E-state index in [1.54, 1.807) is 14.2 Å². The average Bonchev–Trinajstić information content (AvgIpc) is 2.92. The Kier molecular flexibility index (Phi) is 7.96. The van der Waals surface area contributed by atoms with Gasteiger partial charge in [0.15, 0.2) is 11.5 Å². The van der Waals surface area contributed by atoms with Gasteiger partial charge in [0.1, 0.15) is 12.4 Å². The Morgan fingerprint density at radius 2 is 1.66 bits per heavy atom. The van der Waals surface area contributed by atoms with Gasteiger partial charge in [-0.3, -0.25) is 4.79 Å². The van der Waals surface area contributed by atoms with E-state index in [2.05, 4.69) is 26.0 Å². The average molecular weight is 474 g/mol. The zero-order valence-corrected chi connectivity index (χ0v) is 21.1. The number of methoxy groups -OCH3 is 2. The lowest BCUT2D eigenvalue weighted by Crippen LogP contribution is -2.44. The maximum Gasteiger partial charge on any atom is 0.230 e. The molecule has 0 saturated heterocycles. The summed E-state index contributed by atoms with van der Waals surface area (Å²) in [6.07, 6.45) is 2.48. The first-order valence-electron chi connectivity index (χ1n) is 12.4. The van der Waals surface area contributed by atoms with Gasteiger partial charge in [0.25, 0.3) is 0 Å². The van der Waals surface area contributed by atoms with Crippen molar-refractivity contribution in [3.8, 4) is 17.2 Å². The van der Waals surface area contributed by atoms with Crippen LogP contribution in [-0.4, -0.2) is 38.2 Å². The Morgan fingerprint density at radius 3 is 2.29 bits per heavy atom. The van der Waals surface area contributed by atoms with Crippen molar-refractivity contribution in [2.45, 2.75) is 45.1 Å². The summed E-state index contributed by atoms with van der Waals surface area (Å²) in [5.41, 5.74) is 4.53. The van der Waals surface area contributed by atoms with E-state index in [1.165, 1.54) is 5.56 Å². The summed E-state index contributed by atoms with van der Waals surface area (Å²) in [6.45, 7) is 5.21. The molecule has 1 aliphatic heterocycles. The molecule has 2 atom stereocenters. The Morgan fingerprint density at radius 1 is 0.971 bits per heavy atom. The van der Waals surface area contributed by atoms with Crippen LogP contribution >= 0.6 is 0 Å². The number of carbonyl (C=O) groups excluding carboxylic acids is 1. The number of rotatable bonds is 9. The molecule has 0 radical (unpaired) electrons. The second-order valence-corrected chi connectivity index (χ2v) is 8.88. The maximum atomic E-state index is 13.9. The molecular formula is C30H35NO4. The van der Waals surface area contributed by atoms with Gasteiger partial charge in [-0.2, -0.15) is 0 Å². The van der Waals surface area contributed by atoms with E-state index >= 15 is 0 Å². The molecule has 1 aliphatic rings. The van der Waals surface area contributed by atoms with Crippen LogP contribution in [0.25, 0.3) is 0 Å². The number of fused-ring (bicyclic) bond motifs is 1. The summed E-state index contributed by atoms with van der Waals surface area (Å²) < 4.78 is 17.4. The molecule has 4 rings (SSSR count). The molecule has 0 aromatic heterocycles. The fraction of sp³-hybridized carbons (Fsp3) is 0.367. The van der Waals surface area contributed by atoms with E-state index in [-0.39, 0.29) is 17.9 Å². The largest absolute Gasteiger partial charge is 0.493 e. The third-order valence-corrected chi connectivity index (χ3v) is 6.93. The van der Waals surface area contributed by atoms with Crippen molar-refractivity contribution in [3.05, 3.63) is 89.0 Å². The fourth-order valence-corrected chi connectivity index (χ4v) is 4.91. The van der Waals surface area contributed by atoms with Gasteiger partial charge in [0.05, 0.1) is 26.2 Å². The maximum absolute atomic E-state index is 13.9. The lowest BCUT2D eigenvalue weighted by atomic mass is 9.89. The van der Waals surface area contributed by atoms with Crippen molar-refractivity contribution in [2.75, 3.05) is 27.4 Å². The zero-order valence-electron chi connectivity index (χ0n) is 21.1. The van der Waals surface area contributed by atoms with Crippen LogP contribution in [0.15, 0.2) is 66.7 Å². The Balaban J connectivity index is 1.68. The summed E-state index contributed by atoms with van der Waals surface area (Å²) >= 11 is 0. The van der Waals surface area contributed by atoms with Crippen LogP contribution < -0.4 is 14.2 Å². The smallest absolute Gasteiger partial charge is 0.230 e. The predicted octanol–water partition coefficient (Wildman–Crippen LogP) is 5.96. The van der Waals surface area contributed by atoms with Gasteiger partial charge >= 0.3 is 0 Å². The van der Waals surface area contributed by atoms with Crippen LogP contribution in [-0.2, 0) is 17.6 Å². The van der Waals surface area contributed by atoms with Crippen molar-refractivity contribution in [1.29, 1.82) is 0 Å². The van der Waals surface area contributed by atoms with Crippen molar-refractivity contribution in [1.82, 2.24) is 4.90 Å². The van der Waals surface area contributed by atoms with Crippen LogP contribution in [0.5, 0.6) is 17.2 Å². The molecule has 5 heteroatoms. The van der Waals surface area contributed by atoms with Gasteiger partial charge < -0.3 is 19.1 Å². The molecular weight excluding hydrogens is 438 g/mol. The second kappa shape index (κ2) is 11.3. The first-order chi connectivity index (χ1) is 17.1. The Bertz CT molecular complexity index is 1130. The number of ether oxygens (including phenoxy) is 3. The van der Waals surface area contributed by atoms with Gasteiger partial charge in [0, 0.05) is 6.54 Å². The van der Waals surface area contributed by atoms with Crippen LogP contribution in [0.1, 0.15) is 54.5 Å². The van der Waals surface area contributed by atoms with Crippen LogP contribution in [0, 0.1) is 0 Å². The number of nitrogens with zero attached hydrogens (tertiary/aromatic N) is 1. The molecule has 184 valence electrons. The molecule has 0 spiro atoms. The van der Waals surface area contributed by atoms with Gasteiger partial charge in [0.2, 0.25) is 5.91 Å². The van der Waals surface area contributed by atoms with Gasteiger partial charge in [-0.15, -0.1) is 0 Å². The SMILES string of the molecule is CCc1ccc(OC[C@H]2c3cc(OC)c(OC)cc3CCN2C(=O)[C@H](CC)c2ccccc2)cc1.